The molecule has 2 aliphatic rings. The van der Waals surface area contributed by atoms with Crippen molar-refractivity contribution in [1.29, 1.82) is 0 Å². The van der Waals surface area contributed by atoms with Gasteiger partial charge in [-0.3, -0.25) is 9.59 Å². The highest BCUT2D eigenvalue weighted by Gasteiger charge is 2.43. The zero-order chi connectivity index (χ0) is 21.8. The fourth-order valence-corrected chi connectivity index (χ4v) is 4.23. The summed E-state index contributed by atoms with van der Waals surface area (Å²) in [7, 11) is 0. The third-order valence-corrected chi connectivity index (χ3v) is 5.77. The van der Waals surface area contributed by atoms with E-state index >= 15 is 0 Å². The molecule has 2 aliphatic heterocycles. The first kappa shape index (κ1) is 22.3. The highest BCUT2D eigenvalue weighted by Crippen LogP contribution is 2.39. The molecule has 6 nitrogen and oxygen atoms in total. The lowest BCUT2D eigenvalue weighted by Crippen LogP contribution is -2.40. The summed E-state index contributed by atoms with van der Waals surface area (Å²) in [5.74, 6) is -0.608. The molecule has 0 radical (unpaired) electrons. The lowest BCUT2D eigenvalue weighted by atomic mass is 9.91. The number of benzene rings is 1. The molecule has 1 atom stereocenters. The van der Waals surface area contributed by atoms with Crippen LogP contribution in [0, 0.1) is 5.92 Å². The molecule has 6 heteroatoms. The standard InChI is InChI=1S/C24H34N2O4/c1-16(2)22(27)20-21(18-8-10-19(11-9-18)30-17(3)4)26(24(29)23(20)28)15-14-25-12-6-5-7-13-25/h8-11,16-17,21,28H,5-7,12-15H2,1-4H3. The number of carbonyl (C=O) groups excluding carboxylic acids is 2. The number of aliphatic hydroxyl groups excluding tert-OH is 1. The summed E-state index contributed by atoms with van der Waals surface area (Å²) >= 11 is 0. The van der Waals surface area contributed by atoms with Gasteiger partial charge in [-0.25, -0.2) is 0 Å². The maximum Gasteiger partial charge on any atom is 0.290 e. The molecule has 0 bridgehead atoms. The Labute approximate surface area is 179 Å². The molecule has 1 aromatic carbocycles. The Kier molecular flexibility index (Phi) is 7.19. The second-order valence-electron chi connectivity index (χ2n) is 8.82. The zero-order valence-electron chi connectivity index (χ0n) is 18.6. The largest absolute Gasteiger partial charge is 0.503 e. The third-order valence-electron chi connectivity index (χ3n) is 5.77. The number of ether oxygens (including phenoxy) is 1. The molecule has 1 unspecified atom stereocenters. The Morgan fingerprint density at radius 3 is 2.27 bits per heavy atom. The second-order valence-corrected chi connectivity index (χ2v) is 8.82. The summed E-state index contributed by atoms with van der Waals surface area (Å²) < 4.78 is 5.72. The molecule has 30 heavy (non-hydrogen) atoms. The number of ketones is 1. The van der Waals surface area contributed by atoms with Crippen LogP contribution in [0.15, 0.2) is 35.6 Å². The van der Waals surface area contributed by atoms with Gasteiger partial charge in [0.2, 0.25) is 0 Å². The van der Waals surface area contributed by atoms with E-state index in [2.05, 4.69) is 4.90 Å². The minimum absolute atomic E-state index is 0.0620. The van der Waals surface area contributed by atoms with Crippen LogP contribution in [0.1, 0.15) is 58.6 Å². The van der Waals surface area contributed by atoms with Gasteiger partial charge in [-0.05, 0) is 57.5 Å². The van der Waals surface area contributed by atoms with Gasteiger partial charge in [0, 0.05) is 19.0 Å². The highest BCUT2D eigenvalue weighted by atomic mass is 16.5. The number of hydrogen-bond donors (Lipinski definition) is 1. The van der Waals surface area contributed by atoms with Crippen LogP contribution in [0.5, 0.6) is 5.75 Å². The number of carbonyl (C=O) groups is 2. The summed E-state index contributed by atoms with van der Waals surface area (Å²) in [4.78, 5) is 29.9. The molecule has 1 N–H and O–H groups in total. The van der Waals surface area contributed by atoms with Crippen molar-refractivity contribution in [3.05, 3.63) is 41.2 Å². The monoisotopic (exact) mass is 414 g/mol. The summed E-state index contributed by atoms with van der Waals surface area (Å²) in [6.07, 6.45) is 3.67. The van der Waals surface area contributed by atoms with Gasteiger partial charge in [-0.1, -0.05) is 32.4 Å². The fourth-order valence-electron chi connectivity index (χ4n) is 4.23. The van der Waals surface area contributed by atoms with Gasteiger partial charge in [0.1, 0.15) is 5.75 Å². The van der Waals surface area contributed by atoms with Crippen molar-refractivity contribution >= 4 is 11.7 Å². The van der Waals surface area contributed by atoms with Crippen LogP contribution in [0.25, 0.3) is 0 Å². The average molecular weight is 415 g/mol. The van der Waals surface area contributed by atoms with E-state index in [1.807, 2.05) is 38.1 Å². The fraction of sp³-hybridized carbons (Fsp3) is 0.583. The number of aliphatic hydroxyl groups is 1. The Morgan fingerprint density at radius 2 is 1.70 bits per heavy atom. The van der Waals surface area contributed by atoms with Crippen molar-refractivity contribution < 1.29 is 19.4 Å². The quantitative estimate of drug-likeness (QED) is 0.699. The third kappa shape index (κ3) is 4.86. The van der Waals surface area contributed by atoms with E-state index in [4.69, 9.17) is 4.74 Å². The van der Waals surface area contributed by atoms with Crippen molar-refractivity contribution in [2.45, 2.75) is 59.1 Å². The molecule has 0 aromatic heterocycles. The van der Waals surface area contributed by atoms with Crippen molar-refractivity contribution in [3.8, 4) is 5.75 Å². The van der Waals surface area contributed by atoms with Gasteiger partial charge >= 0.3 is 0 Å². The molecular weight excluding hydrogens is 380 g/mol. The van der Waals surface area contributed by atoms with Crippen LogP contribution >= 0.6 is 0 Å². The first-order chi connectivity index (χ1) is 14.3. The molecule has 3 rings (SSSR count). The molecule has 2 heterocycles. The first-order valence-corrected chi connectivity index (χ1v) is 11.1. The number of rotatable bonds is 8. The van der Waals surface area contributed by atoms with E-state index in [-0.39, 0.29) is 23.4 Å². The molecule has 0 spiro atoms. The minimum Gasteiger partial charge on any atom is -0.503 e. The Hall–Kier alpha value is -2.34. The topological polar surface area (TPSA) is 70.1 Å². The number of Topliss-reactive ketones (excluding diaryl/α,β-unsaturated/α-hetero) is 1. The molecule has 1 fully saturated rings. The predicted octanol–water partition coefficient (Wildman–Crippen LogP) is 3.88. The van der Waals surface area contributed by atoms with Crippen molar-refractivity contribution in [3.63, 3.8) is 0 Å². The Balaban J connectivity index is 1.88. The molecular formula is C24H34N2O4. The number of nitrogens with zero attached hydrogens (tertiary/aromatic N) is 2. The van der Waals surface area contributed by atoms with Crippen LogP contribution in [0.2, 0.25) is 0 Å². The van der Waals surface area contributed by atoms with E-state index in [9.17, 15) is 14.7 Å². The van der Waals surface area contributed by atoms with E-state index < -0.39 is 17.7 Å². The Bertz CT molecular complexity index is 792. The van der Waals surface area contributed by atoms with Crippen molar-refractivity contribution in [2.24, 2.45) is 5.92 Å². The molecule has 1 amide bonds. The summed E-state index contributed by atoms with van der Waals surface area (Å²) in [6, 6.07) is 6.92. The lowest BCUT2D eigenvalue weighted by molar-refractivity contribution is -0.129. The summed E-state index contributed by atoms with van der Waals surface area (Å²) in [5.41, 5.74) is 1.03. The van der Waals surface area contributed by atoms with E-state index in [1.165, 1.54) is 19.3 Å². The predicted molar refractivity (Wildman–Crippen MR) is 116 cm³/mol. The van der Waals surface area contributed by atoms with Gasteiger partial charge in [0.05, 0.1) is 17.7 Å². The van der Waals surface area contributed by atoms with Crippen LogP contribution < -0.4 is 4.74 Å². The number of likely N-dealkylation sites (tertiary alicyclic amines) is 1. The second kappa shape index (κ2) is 9.65. The van der Waals surface area contributed by atoms with Gasteiger partial charge < -0.3 is 19.6 Å². The van der Waals surface area contributed by atoms with E-state index in [0.717, 1.165) is 30.9 Å². The Morgan fingerprint density at radius 1 is 1.07 bits per heavy atom. The molecule has 1 saturated heterocycles. The molecule has 164 valence electrons. The van der Waals surface area contributed by atoms with Gasteiger partial charge in [-0.2, -0.15) is 0 Å². The maximum absolute atomic E-state index is 12.9. The average Bonchev–Trinajstić information content (AvgIpc) is 2.97. The van der Waals surface area contributed by atoms with Crippen molar-refractivity contribution in [1.82, 2.24) is 9.80 Å². The normalized spacial score (nSPS) is 20.5. The van der Waals surface area contributed by atoms with Crippen LogP contribution in [0.4, 0.5) is 0 Å². The first-order valence-electron chi connectivity index (χ1n) is 11.1. The SMILES string of the molecule is CC(C)Oc1ccc(C2C(C(=O)C(C)C)=C(O)C(=O)N2CCN2CCCCC2)cc1. The molecule has 1 aromatic rings. The van der Waals surface area contributed by atoms with Crippen LogP contribution in [0.3, 0.4) is 0 Å². The number of piperidine rings is 1. The van der Waals surface area contributed by atoms with Gasteiger partial charge in [0.15, 0.2) is 11.5 Å². The van der Waals surface area contributed by atoms with Crippen molar-refractivity contribution in [2.75, 3.05) is 26.2 Å². The van der Waals surface area contributed by atoms with Gasteiger partial charge in [-0.15, -0.1) is 0 Å². The maximum atomic E-state index is 12.9. The van der Waals surface area contributed by atoms with E-state index in [1.54, 1.807) is 18.7 Å². The highest BCUT2D eigenvalue weighted by molar-refractivity contribution is 6.09. The number of hydrogen-bond acceptors (Lipinski definition) is 5. The molecule has 0 saturated carbocycles. The van der Waals surface area contributed by atoms with Crippen LogP contribution in [-0.2, 0) is 9.59 Å². The summed E-state index contributed by atoms with van der Waals surface area (Å²) in [5, 5.41) is 10.6. The minimum atomic E-state index is -0.565. The molecule has 0 aliphatic carbocycles. The van der Waals surface area contributed by atoms with Crippen LogP contribution in [-0.4, -0.2) is 58.9 Å². The van der Waals surface area contributed by atoms with E-state index in [0.29, 0.717) is 6.54 Å². The zero-order valence-corrected chi connectivity index (χ0v) is 18.6. The summed E-state index contributed by atoms with van der Waals surface area (Å²) in [6.45, 7) is 10.8. The van der Waals surface area contributed by atoms with Gasteiger partial charge in [0.25, 0.3) is 5.91 Å². The lowest BCUT2D eigenvalue weighted by Gasteiger charge is -2.32. The number of amides is 1. The smallest absolute Gasteiger partial charge is 0.290 e.